The Bertz CT molecular complexity index is 140. The third-order valence-electron chi connectivity index (χ3n) is 1.62. The van der Waals surface area contributed by atoms with Crippen LogP contribution in [0.15, 0.2) is 0 Å². The molecule has 1 N–H and O–H groups in total. The second-order valence-corrected chi connectivity index (χ2v) is 5.89. The summed E-state index contributed by atoms with van der Waals surface area (Å²) in [6.45, 7) is 8.59. The zero-order valence-electron chi connectivity index (χ0n) is 8.64. The molecule has 0 aliphatic carbocycles. The van der Waals surface area contributed by atoms with E-state index >= 15 is 0 Å². The van der Waals surface area contributed by atoms with Gasteiger partial charge in [-0.25, -0.2) is 0 Å². The molecule has 0 saturated carbocycles. The molecule has 0 aromatic heterocycles. The van der Waals surface area contributed by atoms with Gasteiger partial charge in [-0.1, -0.05) is 20.8 Å². The van der Waals surface area contributed by atoms with E-state index < -0.39 is 10.8 Å². The summed E-state index contributed by atoms with van der Waals surface area (Å²) in [6.07, 6.45) is 2.91. The summed E-state index contributed by atoms with van der Waals surface area (Å²) in [6, 6.07) is 0. The van der Waals surface area contributed by atoms with Gasteiger partial charge in [-0.2, -0.15) is 0 Å². The van der Waals surface area contributed by atoms with Gasteiger partial charge in [0.1, 0.15) is 0 Å². The van der Waals surface area contributed by atoms with Crippen molar-refractivity contribution >= 4 is 10.8 Å². The summed E-state index contributed by atoms with van der Waals surface area (Å²) < 4.78 is 10.7. The highest BCUT2D eigenvalue weighted by molar-refractivity contribution is 7.84. The molecule has 0 bridgehead atoms. The van der Waals surface area contributed by atoms with Crippen LogP contribution in [0.3, 0.4) is 0 Å². The highest BCUT2D eigenvalue weighted by Gasteiger charge is 2.08. The number of rotatable bonds is 5. The molecule has 2 nitrogen and oxygen atoms in total. The maximum atomic E-state index is 10.7. The molecule has 0 rings (SSSR count). The molecule has 12 heavy (non-hydrogen) atoms. The van der Waals surface area contributed by atoms with Crippen LogP contribution in [0.1, 0.15) is 27.2 Å². The Kier molecular flexibility index (Phi) is 5.76. The van der Waals surface area contributed by atoms with Gasteiger partial charge >= 0.3 is 0 Å². The summed E-state index contributed by atoms with van der Waals surface area (Å²) in [5.74, 6) is 0.768. The molecule has 74 valence electrons. The molecular weight excluding hydrogens is 170 g/mol. The van der Waals surface area contributed by atoms with Crippen molar-refractivity contribution in [3.63, 3.8) is 0 Å². The molecule has 0 radical (unpaired) electrons. The Balaban J connectivity index is 3.17. The van der Waals surface area contributed by atoms with E-state index in [2.05, 4.69) is 26.1 Å². The standard InChI is InChI=1S/C9H21NOS/c1-9(2,3)5-6-10-7-8-12(4)11/h10H,5-8H2,1-4H3. The van der Waals surface area contributed by atoms with E-state index in [1.807, 2.05) is 0 Å². The van der Waals surface area contributed by atoms with Gasteiger partial charge in [0.2, 0.25) is 0 Å². The fraction of sp³-hybridized carbons (Fsp3) is 1.00. The van der Waals surface area contributed by atoms with Crippen LogP contribution in [0, 0.1) is 5.41 Å². The minimum absolute atomic E-state index is 0.401. The largest absolute Gasteiger partial charge is 0.316 e. The molecule has 0 spiro atoms. The van der Waals surface area contributed by atoms with E-state index in [1.54, 1.807) is 6.26 Å². The van der Waals surface area contributed by atoms with Crippen molar-refractivity contribution in [2.45, 2.75) is 27.2 Å². The molecule has 0 aliphatic heterocycles. The smallest absolute Gasteiger partial charge is 0.0357 e. The highest BCUT2D eigenvalue weighted by atomic mass is 32.2. The first-order valence-corrected chi connectivity index (χ1v) is 6.15. The van der Waals surface area contributed by atoms with Crippen LogP contribution in [0.4, 0.5) is 0 Å². The van der Waals surface area contributed by atoms with Crippen LogP contribution in [-0.2, 0) is 10.8 Å². The number of hydrogen-bond donors (Lipinski definition) is 1. The third kappa shape index (κ3) is 10.1. The zero-order valence-corrected chi connectivity index (χ0v) is 9.46. The van der Waals surface area contributed by atoms with Crippen molar-refractivity contribution in [2.24, 2.45) is 5.41 Å². The van der Waals surface area contributed by atoms with E-state index in [-0.39, 0.29) is 0 Å². The Morgan fingerprint density at radius 3 is 2.25 bits per heavy atom. The van der Waals surface area contributed by atoms with Crippen molar-refractivity contribution in [3.8, 4) is 0 Å². The lowest BCUT2D eigenvalue weighted by molar-refractivity contribution is 0.369. The second kappa shape index (κ2) is 5.70. The molecule has 3 heteroatoms. The average molecular weight is 191 g/mol. The monoisotopic (exact) mass is 191 g/mol. The van der Waals surface area contributed by atoms with Gasteiger partial charge in [0, 0.05) is 29.4 Å². The molecule has 0 fully saturated rings. The molecule has 0 saturated heterocycles. The Morgan fingerprint density at radius 2 is 1.83 bits per heavy atom. The van der Waals surface area contributed by atoms with E-state index in [4.69, 9.17) is 0 Å². The normalized spacial score (nSPS) is 14.7. The van der Waals surface area contributed by atoms with E-state index in [1.165, 1.54) is 6.42 Å². The molecule has 0 aromatic rings. The van der Waals surface area contributed by atoms with Gasteiger partial charge in [-0.3, -0.25) is 4.21 Å². The number of hydrogen-bond acceptors (Lipinski definition) is 2. The first-order valence-electron chi connectivity index (χ1n) is 4.42. The Morgan fingerprint density at radius 1 is 1.25 bits per heavy atom. The molecular formula is C9H21NOS. The SMILES string of the molecule is CS(=O)CCNCCC(C)(C)C. The first-order chi connectivity index (χ1) is 5.42. The van der Waals surface area contributed by atoms with Gasteiger partial charge in [0.15, 0.2) is 0 Å². The van der Waals surface area contributed by atoms with E-state index in [0.29, 0.717) is 5.41 Å². The van der Waals surface area contributed by atoms with Crippen LogP contribution in [0.25, 0.3) is 0 Å². The quantitative estimate of drug-likeness (QED) is 0.665. The molecule has 0 amide bonds. The van der Waals surface area contributed by atoms with Crippen LogP contribution in [-0.4, -0.2) is 29.3 Å². The van der Waals surface area contributed by atoms with Crippen LogP contribution in [0.5, 0.6) is 0 Å². The fourth-order valence-corrected chi connectivity index (χ4v) is 1.24. The maximum Gasteiger partial charge on any atom is 0.0357 e. The van der Waals surface area contributed by atoms with Crippen molar-refractivity contribution in [3.05, 3.63) is 0 Å². The lowest BCUT2D eigenvalue weighted by Crippen LogP contribution is -2.24. The van der Waals surface area contributed by atoms with Crippen LogP contribution in [0.2, 0.25) is 0 Å². The molecule has 0 heterocycles. The lowest BCUT2D eigenvalue weighted by Gasteiger charge is -2.17. The van der Waals surface area contributed by atoms with Gasteiger partial charge in [0.05, 0.1) is 0 Å². The Labute approximate surface area is 78.6 Å². The first kappa shape index (κ1) is 12.1. The van der Waals surface area contributed by atoms with Crippen molar-refractivity contribution in [2.75, 3.05) is 25.1 Å². The summed E-state index contributed by atoms with van der Waals surface area (Å²) in [4.78, 5) is 0. The maximum absolute atomic E-state index is 10.7. The molecule has 0 aliphatic rings. The van der Waals surface area contributed by atoms with Gasteiger partial charge in [0.25, 0.3) is 0 Å². The fourth-order valence-electron chi connectivity index (χ4n) is 0.804. The van der Waals surface area contributed by atoms with Gasteiger partial charge in [-0.15, -0.1) is 0 Å². The van der Waals surface area contributed by atoms with E-state index in [9.17, 15) is 4.21 Å². The third-order valence-corrected chi connectivity index (χ3v) is 2.40. The predicted molar refractivity (Wildman–Crippen MR) is 55.9 cm³/mol. The summed E-state index contributed by atoms with van der Waals surface area (Å²) in [7, 11) is -0.653. The summed E-state index contributed by atoms with van der Waals surface area (Å²) in [5, 5.41) is 3.28. The van der Waals surface area contributed by atoms with Crippen molar-refractivity contribution < 1.29 is 4.21 Å². The number of nitrogens with one attached hydrogen (secondary N) is 1. The molecule has 1 unspecified atom stereocenters. The molecule has 1 atom stereocenters. The molecule has 0 aromatic carbocycles. The van der Waals surface area contributed by atoms with E-state index in [0.717, 1.165) is 18.8 Å². The second-order valence-electron chi connectivity index (χ2n) is 4.34. The van der Waals surface area contributed by atoms with Gasteiger partial charge in [-0.05, 0) is 18.4 Å². The predicted octanol–water partition coefficient (Wildman–Crippen LogP) is 1.39. The van der Waals surface area contributed by atoms with Crippen molar-refractivity contribution in [1.29, 1.82) is 0 Å². The minimum atomic E-state index is -0.653. The highest BCUT2D eigenvalue weighted by Crippen LogP contribution is 2.16. The van der Waals surface area contributed by atoms with Crippen LogP contribution < -0.4 is 5.32 Å². The average Bonchev–Trinajstić information content (AvgIpc) is 1.83. The zero-order chi connectivity index (χ0) is 9.61. The van der Waals surface area contributed by atoms with Crippen molar-refractivity contribution in [1.82, 2.24) is 5.32 Å². The summed E-state index contributed by atoms with van der Waals surface area (Å²) >= 11 is 0. The minimum Gasteiger partial charge on any atom is -0.316 e. The summed E-state index contributed by atoms with van der Waals surface area (Å²) in [5.41, 5.74) is 0.401. The van der Waals surface area contributed by atoms with Crippen LogP contribution >= 0.6 is 0 Å². The topological polar surface area (TPSA) is 29.1 Å². The van der Waals surface area contributed by atoms with Gasteiger partial charge < -0.3 is 5.32 Å². The Hall–Kier alpha value is 0.110. The lowest BCUT2D eigenvalue weighted by atomic mass is 9.92.